The molecule has 0 saturated heterocycles. The number of phenols is 1. The summed E-state index contributed by atoms with van der Waals surface area (Å²) in [5.74, 6) is 3.16. The van der Waals surface area contributed by atoms with Crippen molar-refractivity contribution < 1.29 is 5.11 Å². The fourth-order valence-electron chi connectivity index (χ4n) is 3.82. The molecular formula is C19H17NO. The second-order valence-corrected chi connectivity index (χ2v) is 5.83. The van der Waals surface area contributed by atoms with Gasteiger partial charge in [-0.3, -0.25) is 4.90 Å². The lowest BCUT2D eigenvalue weighted by atomic mass is 9.77. The number of rotatable bonds is 1. The monoisotopic (exact) mass is 275 g/mol. The molecule has 0 aromatic heterocycles. The van der Waals surface area contributed by atoms with Crippen LogP contribution in [0.1, 0.15) is 22.7 Å². The van der Waals surface area contributed by atoms with Crippen molar-refractivity contribution in [2.75, 3.05) is 13.1 Å². The first-order chi connectivity index (χ1) is 10.3. The predicted octanol–water partition coefficient (Wildman–Crippen LogP) is 3.15. The lowest BCUT2D eigenvalue weighted by Gasteiger charge is -2.41. The minimum atomic E-state index is 0.293. The van der Waals surface area contributed by atoms with Gasteiger partial charge in [-0.25, -0.2) is 0 Å². The summed E-state index contributed by atoms with van der Waals surface area (Å²) >= 11 is 0. The second kappa shape index (κ2) is 4.65. The van der Waals surface area contributed by atoms with E-state index in [9.17, 15) is 5.11 Å². The van der Waals surface area contributed by atoms with Crippen molar-refractivity contribution in [2.45, 2.75) is 18.9 Å². The van der Waals surface area contributed by atoms with Crippen LogP contribution in [0.5, 0.6) is 5.75 Å². The summed E-state index contributed by atoms with van der Waals surface area (Å²) in [6.07, 6.45) is 7.51. The van der Waals surface area contributed by atoms with Crippen LogP contribution in [0.2, 0.25) is 0 Å². The van der Waals surface area contributed by atoms with Gasteiger partial charge in [-0.15, -0.1) is 6.42 Å². The molecule has 104 valence electrons. The molecule has 1 unspecified atom stereocenters. The zero-order valence-electron chi connectivity index (χ0n) is 11.8. The summed E-state index contributed by atoms with van der Waals surface area (Å²) in [6.45, 7) is 1.66. The molecule has 2 nitrogen and oxygen atoms in total. The fraction of sp³-hybridized carbons (Fsp3) is 0.263. The number of hydrogen-bond acceptors (Lipinski definition) is 2. The van der Waals surface area contributed by atoms with Gasteiger partial charge in [0.15, 0.2) is 0 Å². The first-order valence-electron chi connectivity index (χ1n) is 7.40. The highest BCUT2D eigenvalue weighted by Crippen LogP contribution is 2.48. The molecule has 1 atom stereocenters. The van der Waals surface area contributed by atoms with Gasteiger partial charge < -0.3 is 5.11 Å². The topological polar surface area (TPSA) is 23.5 Å². The number of fused-ring (bicyclic) bond motifs is 2. The van der Waals surface area contributed by atoms with Crippen molar-refractivity contribution in [2.24, 2.45) is 0 Å². The van der Waals surface area contributed by atoms with Crippen molar-refractivity contribution in [3.05, 3.63) is 53.1 Å². The molecule has 2 heteroatoms. The standard InChI is InChI=1S/C19H17NO/c1-2-10-20-11-9-13-7-8-17(21)19-15-6-4-3-5-14(15)12-16(20)18(13)19/h1,3-8,16,21H,9-12H2. The molecule has 2 aromatic carbocycles. The highest BCUT2D eigenvalue weighted by Gasteiger charge is 2.35. The summed E-state index contributed by atoms with van der Waals surface area (Å²) in [5, 5.41) is 10.4. The van der Waals surface area contributed by atoms with E-state index in [1.54, 1.807) is 0 Å². The number of phenolic OH excluding ortho intramolecular Hbond substituents is 1. The Morgan fingerprint density at radius 1 is 1.19 bits per heavy atom. The molecule has 2 aromatic rings. The summed E-state index contributed by atoms with van der Waals surface area (Å²) < 4.78 is 0. The normalized spacial score (nSPS) is 19.5. The molecule has 0 bridgehead atoms. The Labute approximate surface area is 125 Å². The molecule has 21 heavy (non-hydrogen) atoms. The Morgan fingerprint density at radius 3 is 2.90 bits per heavy atom. The lowest BCUT2D eigenvalue weighted by molar-refractivity contribution is 0.206. The number of benzene rings is 2. The summed E-state index contributed by atoms with van der Waals surface area (Å²) in [7, 11) is 0. The molecule has 0 amide bonds. The van der Waals surface area contributed by atoms with Gasteiger partial charge in [-0.1, -0.05) is 36.3 Å². The van der Waals surface area contributed by atoms with Crippen LogP contribution >= 0.6 is 0 Å². The largest absolute Gasteiger partial charge is 0.507 e. The zero-order chi connectivity index (χ0) is 14.4. The first-order valence-corrected chi connectivity index (χ1v) is 7.40. The van der Waals surface area contributed by atoms with E-state index < -0.39 is 0 Å². The molecule has 0 spiro atoms. The third-order valence-electron chi connectivity index (χ3n) is 4.75. The molecule has 1 aliphatic carbocycles. The maximum absolute atomic E-state index is 10.4. The van der Waals surface area contributed by atoms with Gasteiger partial charge in [-0.2, -0.15) is 0 Å². The van der Waals surface area contributed by atoms with Gasteiger partial charge in [0.25, 0.3) is 0 Å². The van der Waals surface area contributed by atoms with Gasteiger partial charge in [0.1, 0.15) is 5.75 Å². The molecule has 2 aliphatic rings. The average Bonchev–Trinajstić information content (AvgIpc) is 2.52. The number of nitrogens with zero attached hydrogens (tertiary/aromatic N) is 1. The average molecular weight is 275 g/mol. The molecule has 1 N–H and O–H groups in total. The van der Waals surface area contributed by atoms with E-state index >= 15 is 0 Å². The fourth-order valence-corrected chi connectivity index (χ4v) is 3.82. The molecule has 1 aliphatic heterocycles. The minimum absolute atomic E-state index is 0.293. The van der Waals surface area contributed by atoms with E-state index in [0.717, 1.165) is 24.9 Å². The van der Waals surface area contributed by atoms with Crippen LogP contribution in [-0.2, 0) is 12.8 Å². The van der Waals surface area contributed by atoms with Crippen LogP contribution in [0, 0.1) is 12.3 Å². The van der Waals surface area contributed by atoms with Gasteiger partial charge >= 0.3 is 0 Å². The van der Waals surface area contributed by atoms with E-state index in [4.69, 9.17) is 6.42 Å². The summed E-state index contributed by atoms with van der Waals surface area (Å²) in [6, 6.07) is 12.6. The van der Waals surface area contributed by atoms with Crippen molar-refractivity contribution in [3.8, 4) is 29.2 Å². The van der Waals surface area contributed by atoms with Crippen molar-refractivity contribution in [1.29, 1.82) is 0 Å². The molecule has 0 radical (unpaired) electrons. The Morgan fingerprint density at radius 2 is 2.05 bits per heavy atom. The molecule has 1 heterocycles. The quantitative estimate of drug-likeness (QED) is 0.808. The summed E-state index contributed by atoms with van der Waals surface area (Å²) in [5.41, 5.74) is 6.13. The number of terminal acetylenes is 1. The van der Waals surface area contributed by atoms with Crippen molar-refractivity contribution in [1.82, 2.24) is 4.90 Å². The van der Waals surface area contributed by atoms with E-state index in [0.29, 0.717) is 18.3 Å². The van der Waals surface area contributed by atoms with Gasteiger partial charge in [-0.05, 0) is 41.2 Å². The predicted molar refractivity (Wildman–Crippen MR) is 84.1 cm³/mol. The number of hydrogen-bond donors (Lipinski definition) is 1. The first kappa shape index (κ1) is 12.5. The maximum Gasteiger partial charge on any atom is 0.123 e. The lowest BCUT2D eigenvalue weighted by Crippen LogP contribution is -2.38. The van der Waals surface area contributed by atoms with Gasteiger partial charge in [0.05, 0.1) is 6.54 Å². The third-order valence-corrected chi connectivity index (χ3v) is 4.75. The van der Waals surface area contributed by atoms with Gasteiger partial charge in [0.2, 0.25) is 0 Å². The van der Waals surface area contributed by atoms with Crippen LogP contribution in [0.25, 0.3) is 11.1 Å². The van der Waals surface area contributed by atoms with Crippen LogP contribution in [0.3, 0.4) is 0 Å². The minimum Gasteiger partial charge on any atom is -0.507 e. The second-order valence-electron chi connectivity index (χ2n) is 5.83. The van der Waals surface area contributed by atoms with Gasteiger partial charge in [0, 0.05) is 18.2 Å². The molecular weight excluding hydrogens is 258 g/mol. The Bertz CT molecular complexity index is 757. The van der Waals surface area contributed by atoms with E-state index in [1.807, 2.05) is 12.1 Å². The van der Waals surface area contributed by atoms with Crippen molar-refractivity contribution >= 4 is 0 Å². The van der Waals surface area contributed by atoms with Crippen LogP contribution < -0.4 is 0 Å². The smallest absolute Gasteiger partial charge is 0.123 e. The highest BCUT2D eigenvalue weighted by atomic mass is 16.3. The maximum atomic E-state index is 10.4. The SMILES string of the molecule is C#CCN1CCc2ccc(O)c3c2C1Cc1ccccc1-3. The van der Waals surface area contributed by atoms with Crippen LogP contribution in [0.15, 0.2) is 36.4 Å². The Kier molecular flexibility index (Phi) is 2.77. The molecule has 0 saturated carbocycles. The van der Waals surface area contributed by atoms with Crippen LogP contribution in [0.4, 0.5) is 0 Å². The molecule has 0 fully saturated rings. The van der Waals surface area contributed by atoms with E-state index in [2.05, 4.69) is 35.1 Å². The third kappa shape index (κ3) is 1.78. The summed E-state index contributed by atoms with van der Waals surface area (Å²) in [4.78, 5) is 2.36. The number of aromatic hydroxyl groups is 1. The van der Waals surface area contributed by atoms with E-state index in [1.165, 1.54) is 22.3 Å². The highest BCUT2D eigenvalue weighted by molar-refractivity contribution is 5.80. The van der Waals surface area contributed by atoms with Crippen LogP contribution in [-0.4, -0.2) is 23.1 Å². The van der Waals surface area contributed by atoms with Crippen molar-refractivity contribution in [3.63, 3.8) is 0 Å². The van der Waals surface area contributed by atoms with E-state index in [-0.39, 0.29) is 0 Å². The molecule has 4 rings (SSSR count). The zero-order valence-corrected chi connectivity index (χ0v) is 11.8. The Hall–Kier alpha value is -2.24. The Balaban J connectivity index is 1.98.